The summed E-state index contributed by atoms with van der Waals surface area (Å²) in [5, 5.41) is -0.587. The molecule has 1 aromatic heterocycles. The number of hydrogen-bond acceptors (Lipinski definition) is 4. The predicted octanol–water partition coefficient (Wildman–Crippen LogP) is 4.34. The van der Waals surface area contributed by atoms with Gasteiger partial charge in [-0.3, -0.25) is 4.79 Å². The molecule has 0 saturated carbocycles. The Labute approximate surface area is 177 Å². The SMILES string of the molecule is Nn1cc(C(F)(F)F)c(=O)n(-c2cc(Oc3ccccc3C(F)(F)F)c(Cl)cc2F)c1=O. The summed E-state index contributed by atoms with van der Waals surface area (Å²) in [4.78, 5) is 24.5. The zero-order valence-corrected chi connectivity index (χ0v) is 16.0. The first-order chi connectivity index (χ1) is 14.7. The minimum Gasteiger partial charge on any atom is -0.455 e. The van der Waals surface area contributed by atoms with Gasteiger partial charge in [0.15, 0.2) is 0 Å². The topological polar surface area (TPSA) is 79.2 Å². The lowest BCUT2D eigenvalue weighted by Crippen LogP contribution is -2.45. The van der Waals surface area contributed by atoms with E-state index >= 15 is 0 Å². The molecule has 0 fully saturated rings. The number of nitrogens with two attached hydrogens (primary N) is 1. The van der Waals surface area contributed by atoms with Crippen LogP contribution in [0.1, 0.15) is 11.1 Å². The Bertz CT molecular complexity index is 1310. The second-order valence-corrected chi connectivity index (χ2v) is 6.61. The van der Waals surface area contributed by atoms with Gasteiger partial charge >= 0.3 is 18.0 Å². The van der Waals surface area contributed by atoms with Gasteiger partial charge < -0.3 is 10.6 Å². The van der Waals surface area contributed by atoms with Gasteiger partial charge in [0, 0.05) is 12.3 Å². The fraction of sp³-hybridized carbons (Fsp3) is 0.111. The minimum absolute atomic E-state index is 0.0198. The van der Waals surface area contributed by atoms with Crippen molar-refractivity contribution in [2.24, 2.45) is 0 Å². The standard InChI is InChI=1S/C18H9ClF7N3O3/c19-10-5-11(20)12(29-15(30)9(18(24,25)26)7-28(27)16(29)31)6-14(10)32-13-4-2-1-3-8(13)17(21,22)23/h1-7H,27H2. The smallest absolute Gasteiger partial charge is 0.423 e. The van der Waals surface area contributed by atoms with Crippen LogP contribution in [0.15, 0.2) is 52.2 Å². The van der Waals surface area contributed by atoms with E-state index < -0.39 is 62.8 Å². The maximum atomic E-state index is 14.5. The van der Waals surface area contributed by atoms with Crippen LogP contribution in [0.4, 0.5) is 30.7 Å². The van der Waals surface area contributed by atoms with Crippen LogP contribution < -0.4 is 21.8 Å². The summed E-state index contributed by atoms with van der Waals surface area (Å²) in [5.41, 5.74) is -7.73. The van der Waals surface area contributed by atoms with Crippen molar-refractivity contribution in [3.63, 3.8) is 0 Å². The fourth-order valence-corrected chi connectivity index (χ4v) is 2.84. The lowest BCUT2D eigenvalue weighted by molar-refractivity contribution is -0.139. The summed E-state index contributed by atoms with van der Waals surface area (Å²) in [6.07, 6.45) is -10.1. The predicted molar refractivity (Wildman–Crippen MR) is 97.9 cm³/mol. The summed E-state index contributed by atoms with van der Waals surface area (Å²) >= 11 is 5.80. The van der Waals surface area contributed by atoms with E-state index in [0.29, 0.717) is 18.2 Å². The summed E-state index contributed by atoms with van der Waals surface area (Å²) in [6.45, 7) is 0. The summed E-state index contributed by atoms with van der Waals surface area (Å²) < 4.78 is 98.1. The van der Waals surface area contributed by atoms with Crippen molar-refractivity contribution in [3.05, 3.63) is 85.4 Å². The number of ether oxygens (including phenoxy) is 1. The van der Waals surface area contributed by atoms with E-state index in [4.69, 9.17) is 22.2 Å². The maximum Gasteiger partial charge on any atom is 0.423 e. The third-order valence-electron chi connectivity index (χ3n) is 4.07. The van der Waals surface area contributed by atoms with Crippen LogP contribution in [0.25, 0.3) is 5.69 Å². The molecule has 32 heavy (non-hydrogen) atoms. The molecule has 0 aliphatic carbocycles. The van der Waals surface area contributed by atoms with E-state index in [2.05, 4.69) is 0 Å². The molecule has 2 N–H and O–H groups in total. The molecule has 0 bridgehead atoms. The Morgan fingerprint density at radius 2 is 1.50 bits per heavy atom. The highest BCUT2D eigenvalue weighted by Crippen LogP contribution is 2.40. The number of aromatic nitrogens is 2. The molecule has 6 nitrogen and oxygen atoms in total. The second-order valence-electron chi connectivity index (χ2n) is 6.20. The number of para-hydroxylation sites is 1. The number of hydrogen-bond donors (Lipinski definition) is 1. The van der Waals surface area contributed by atoms with Gasteiger partial charge in [0.05, 0.1) is 16.3 Å². The van der Waals surface area contributed by atoms with Crippen molar-refractivity contribution in [1.29, 1.82) is 0 Å². The van der Waals surface area contributed by atoms with Crippen molar-refractivity contribution in [1.82, 2.24) is 9.24 Å². The van der Waals surface area contributed by atoms with Crippen LogP contribution in [-0.2, 0) is 12.4 Å². The molecular weight excluding hydrogens is 475 g/mol. The third kappa shape index (κ3) is 4.28. The van der Waals surface area contributed by atoms with Crippen molar-refractivity contribution in [2.45, 2.75) is 12.4 Å². The number of nitrogens with zero attached hydrogens (tertiary/aromatic N) is 2. The highest BCUT2D eigenvalue weighted by atomic mass is 35.5. The normalized spacial score (nSPS) is 12.1. The average Bonchev–Trinajstić information content (AvgIpc) is 2.66. The molecule has 0 unspecified atom stereocenters. The Kier molecular flexibility index (Phi) is 5.72. The number of nitrogen functional groups attached to an aromatic ring is 1. The zero-order chi connectivity index (χ0) is 24.0. The molecular formula is C18H9ClF7N3O3. The molecule has 2 aromatic carbocycles. The molecule has 170 valence electrons. The Hall–Kier alpha value is -3.48. The summed E-state index contributed by atoms with van der Waals surface area (Å²) in [6, 6.07) is 4.80. The molecule has 14 heteroatoms. The molecule has 0 spiro atoms. The highest BCUT2D eigenvalue weighted by molar-refractivity contribution is 6.32. The molecule has 3 rings (SSSR count). The maximum absolute atomic E-state index is 14.5. The van der Waals surface area contributed by atoms with Crippen LogP contribution in [0, 0.1) is 5.82 Å². The summed E-state index contributed by atoms with van der Waals surface area (Å²) in [7, 11) is 0. The van der Waals surface area contributed by atoms with E-state index in [1.165, 1.54) is 6.07 Å². The van der Waals surface area contributed by atoms with Gasteiger partial charge in [-0.05, 0) is 18.2 Å². The third-order valence-corrected chi connectivity index (χ3v) is 4.37. The van der Waals surface area contributed by atoms with Crippen molar-refractivity contribution >= 4 is 11.6 Å². The van der Waals surface area contributed by atoms with Crippen molar-refractivity contribution in [2.75, 3.05) is 5.84 Å². The molecule has 1 heterocycles. The zero-order valence-electron chi connectivity index (χ0n) is 15.3. The van der Waals surface area contributed by atoms with Crippen LogP contribution >= 0.6 is 11.6 Å². The van der Waals surface area contributed by atoms with E-state index in [1.54, 1.807) is 0 Å². The monoisotopic (exact) mass is 483 g/mol. The van der Waals surface area contributed by atoms with E-state index in [9.17, 15) is 40.3 Å². The highest BCUT2D eigenvalue weighted by Gasteiger charge is 2.37. The van der Waals surface area contributed by atoms with E-state index in [-0.39, 0.29) is 15.4 Å². The first-order valence-electron chi connectivity index (χ1n) is 8.26. The average molecular weight is 484 g/mol. The Balaban J connectivity index is 2.24. The second kappa shape index (κ2) is 7.89. The number of benzene rings is 2. The fourth-order valence-electron chi connectivity index (χ4n) is 2.66. The number of halogens is 8. The lowest BCUT2D eigenvalue weighted by Gasteiger charge is -2.16. The lowest BCUT2D eigenvalue weighted by atomic mass is 10.2. The van der Waals surface area contributed by atoms with Gasteiger partial charge in [-0.1, -0.05) is 23.7 Å². The number of rotatable bonds is 3. The van der Waals surface area contributed by atoms with Crippen molar-refractivity contribution in [3.8, 4) is 17.2 Å². The molecule has 0 atom stereocenters. The quantitative estimate of drug-likeness (QED) is 0.444. The van der Waals surface area contributed by atoms with Gasteiger partial charge in [0.1, 0.15) is 22.9 Å². The van der Waals surface area contributed by atoms with E-state index in [0.717, 1.165) is 12.1 Å². The molecule has 0 amide bonds. The van der Waals surface area contributed by atoms with Crippen molar-refractivity contribution < 1.29 is 35.5 Å². The molecule has 0 radical (unpaired) electrons. The van der Waals surface area contributed by atoms with Gasteiger partial charge in [-0.2, -0.15) is 26.3 Å². The first-order valence-corrected chi connectivity index (χ1v) is 8.64. The molecule has 3 aromatic rings. The van der Waals surface area contributed by atoms with Gasteiger partial charge in [-0.25, -0.2) is 18.4 Å². The van der Waals surface area contributed by atoms with Crippen LogP contribution in [0.5, 0.6) is 11.5 Å². The Morgan fingerprint density at radius 3 is 2.09 bits per heavy atom. The van der Waals surface area contributed by atoms with Crippen LogP contribution in [0.2, 0.25) is 5.02 Å². The van der Waals surface area contributed by atoms with Crippen LogP contribution in [0.3, 0.4) is 0 Å². The van der Waals surface area contributed by atoms with Gasteiger partial charge in [0.25, 0.3) is 5.56 Å². The number of alkyl halides is 6. The molecule has 0 saturated heterocycles. The van der Waals surface area contributed by atoms with E-state index in [1.807, 2.05) is 0 Å². The largest absolute Gasteiger partial charge is 0.455 e. The van der Waals surface area contributed by atoms with Crippen LogP contribution in [-0.4, -0.2) is 9.24 Å². The van der Waals surface area contributed by atoms with Gasteiger partial charge in [-0.15, -0.1) is 0 Å². The Morgan fingerprint density at radius 1 is 0.906 bits per heavy atom. The molecule has 0 aliphatic heterocycles. The van der Waals surface area contributed by atoms with Gasteiger partial charge in [0.2, 0.25) is 0 Å². The summed E-state index contributed by atoms with van der Waals surface area (Å²) in [5.74, 6) is 2.29. The minimum atomic E-state index is -5.25. The first kappa shape index (κ1) is 23.2. The molecule has 0 aliphatic rings.